The quantitative estimate of drug-likeness (QED) is 0.608. The lowest BCUT2D eigenvalue weighted by molar-refractivity contribution is -0.402. The van der Waals surface area contributed by atoms with Crippen LogP contribution in [0.1, 0.15) is 11.5 Å². The molecule has 0 aliphatic rings. The van der Waals surface area contributed by atoms with Crippen LogP contribution in [-0.4, -0.2) is 9.85 Å². The first kappa shape index (κ1) is 11.6. The topological polar surface area (TPSA) is 113 Å². The summed E-state index contributed by atoms with van der Waals surface area (Å²) in [7, 11) is 0. The molecule has 0 unspecified atom stereocenters. The fourth-order valence-electron chi connectivity index (χ4n) is 1.22. The van der Waals surface area contributed by atoms with Crippen LogP contribution in [-0.2, 0) is 0 Å². The standard InChI is InChI=1S/C10H6N2O6/c13-11(14)9-5-3-7(17-9)1-2-8-4-6-10(18-8)12(15)16/h1-6H. The minimum absolute atomic E-state index is 0.251. The van der Waals surface area contributed by atoms with Gasteiger partial charge in [-0.3, -0.25) is 20.2 Å². The van der Waals surface area contributed by atoms with E-state index in [1.54, 1.807) is 0 Å². The Morgan fingerprint density at radius 2 is 1.22 bits per heavy atom. The maximum Gasteiger partial charge on any atom is 0.433 e. The monoisotopic (exact) mass is 250 g/mol. The average Bonchev–Trinajstić information content (AvgIpc) is 2.95. The molecule has 2 rings (SSSR count). The molecule has 0 fully saturated rings. The molecule has 0 atom stereocenters. The molecule has 0 bridgehead atoms. The molecule has 0 amide bonds. The second-order valence-electron chi connectivity index (χ2n) is 3.20. The summed E-state index contributed by atoms with van der Waals surface area (Å²) in [6.45, 7) is 0. The van der Waals surface area contributed by atoms with Gasteiger partial charge in [-0.15, -0.1) is 0 Å². The van der Waals surface area contributed by atoms with E-state index in [0.717, 1.165) is 0 Å². The molecule has 8 nitrogen and oxygen atoms in total. The number of nitro groups is 2. The molecule has 0 saturated heterocycles. The minimum atomic E-state index is -0.658. The molecule has 0 saturated carbocycles. The summed E-state index contributed by atoms with van der Waals surface area (Å²) in [5, 5.41) is 20.7. The molecular formula is C10H6N2O6. The zero-order valence-corrected chi connectivity index (χ0v) is 8.81. The van der Waals surface area contributed by atoms with Crippen molar-refractivity contribution in [2.24, 2.45) is 0 Å². The molecule has 0 spiro atoms. The largest absolute Gasteiger partial charge is 0.433 e. The molecule has 8 heteroatoms. The van der Waals surface area contributed by atoms with E-state index in [4.69, 9.17) is 8.83 Å². The smallest absolute Gasteiger partial charge is 0.401 e. The van der Waals surface area contributed by atoms with Crippen LogP contribution >= 0.6 is 0 Å². The number of furan rings is 2. The lowest BCUT2D eigenvalue weighted by atomic mass is 10.3. The van der Waals surface area contributed by atoms with Crippen molar-refractivity contribution in [1.82, 2.24) is 0 Å². The normalized spacial score (nSPS) is 10.9. The van der Waals surface area contributed by atoms with Crippen molar-refractivity contribution in [1.29, 1.82) is 0 Å². The van der Waals surface area contributed by atoms with Crippen LogP contribution in [0.2, 0.25) is 0 Å². The van der Waals surface area contributed by atoms with Gasteiger partial charge in [0.05, 0.1) is 12.1 Å². The van der Waals surface area contributed by atoms with Gasteiger partial charge in [-0.05, 0) is 24.3 Å². The third kappa shape index (κ3) is 2.43. The summed E-state index contributed by atoms with van der Waals surface area (Å²) in [6, 6.07) is 5.24. The Balaban J connectivity index is 2.13. The van der Waals surface area contributed by atoms with E-state index >= 15 is 0 Å². The molecule has 0 N–H and O–H groups in total. The van der Waals surface area contributed by atoms with Crippen molar-refractivity contribution in [3.05, 3.63) is 56.0 Å². The second-order valence-corrected chi connectivity index (χ2v) is 3.20. The van der Waals surface area contributed by atoms with E-state index in [1.165, 1.54) is 36.4 Å². The van der Waals surface area contributed by atoms with Gasteiger partial charge in [0.15, 0.2) is 0 Å². The van der Waals surface area contributed by atoms with E-state index < -0.39 is 9.85 Å². The molecule has 2 aromatic rings. The molecule has 92 valence electrons. The Morgan fingerprint density at radius 3 is 1.50 bits per heavy atom. The molecular weight excluding hydrogens is 244 g/mol. The third-order valence-electron chi connectivity index (χ3n) is 2.00. The van der Waals surface area contributed by atoms with Crippen molar-refractivity contribution in [3.63, 3.8) is 0 Å². The number of nitrogens with zero attached hydrogens (tertiary/aromatic N) is 2. The van der Waals surface area contributed by atoms with E-state index in [-0.39, 0.29) is 23.3 Å². The first-order valence-electron chi connectivity index (χ1n) is 4.73. The third-order valence-corrected chi connectivity index (χ3v) is 2.00. The van der Waals surface area contributed by atoms with Crippen molar-refractivity contribution in [3.8, 4) is 0 Å². The van der Waals surface area contributed by atoms with Crippen LogP contribution in [0.3, 0.4) is 0 Å². The summed E-state index contributed by atoms with van der Waals surface area (Å²) in [4.78, 5) is 19.4. The van der Waals surface area contributed by atoms with Gasteiger partial charge in [-0.1, -0.05) is 0 Å². The second kappa shape index (κ2) is 4.53. The first-order chi connectivity index (χ1) is 8.56. The van der Waals surface area contributed by atoms with Gasteiger partial charge < -0.3 is 8.83 Å². The SMILES string of the molecule is O=[N+]([O-])c1ccc(C=Cc2ccc([N+](=O)[O-])o2)o1. The molecule has 2 aromatic heterocycles. The van der Waals surface area contributed by atoms with E-state index in [9.17, 15) is 20.2 Å². The van der Waals surface area contributed by atoms with Crippen LogP contribution in [0.4, 0.5) is 11.8 Å². The van der Waals surface area contributed by atoms with E-state index in [0.29, 0.717) is 0 Å². The van der Waals surface area contributed by atoms with Gasteiger partial charge in [0.1, 0.15) is 21.4 Å². The van der Waals surface area contributed by atoms with Crippen LogP contribution in [0.15, 0.2) is 33.1 Å². The summed E-state index contributed by atoms with van der Waals surface area (Å²) < 4.78 is 9.72. The van der Waals surface area contributed by atoms with Crippen molar-refractivity contribution in [2.75, 3.05) is 0 Å². The molecule has 18 heavy (non-hydrogen) atoms. The number of hydrogen-bond acceptors (Lipinski definition) is 6. The van der Waals surface area contributed by atoms with Crippen LogP contribution < -0.4 is 0 Å². The minimum Gasteiger partial charge on any atom is -0.401 e. The highest BCUT2D eigenvalue weighted by Crippen LogP contribution is 2.20. The maximum absolute atomic E-state index is 10.4. The lowest BCUT2D eigenvalue weighted by Crippen LogP contribution is -1.82. The predicted octanol–water partition coefficient (Wildman–Crippen LogP) is 2.86. The van der Waals surface area contributed by atoms with Crippen molar-refractivity contribution >= 4 is 23.9 Å². The Kier molecular flexibility index (Phi) is 2.92. The Morgan fingerprint density at radius 1 is 0.833 bits per heavy atom. The van der Waals surface area contributed by atoms with Crippen molar-refractivity contribution in [2.45, 2.75) is 0 Å². The summed E-state index contributed by atoms with van der Waals surface area (Å²) in [5.41, 5.74) is 0. The average molecular weight is 250 g/mol. The highest BCUT2D eigenvalue weighted by molar-refractivity contribution is 5.65. The van der Waals surface area contributed by atoms with Gasteiger partial charge >= 0.3 is 11.8 Å². The summed E-state index contributed by atoms with van der Waals surface area (Å²) >= 11 is 0. The fraction of sp³-hybridized carbons (Fsp3) is 0. The number of hydrogen-bond donors (Lipinski definition) is 0. The molecule has 0 aromatic carbocycles. The van der Waals surface area contributed by atoms with Gasteiger partial charge in [0, 0.05) is 0 Å². The Bertz CT molecular complexity index is 570. The van der Waals surface area contributed by atoms with Gasteiger partial charge in [-0.2, -0.15) is 0 Å². The zero-order chi connectivity index (χ0) is 13.1. The van der Waals surface area contributed by atoms with E-state index in [1.807, 2.05) is 0 Å². The molecule has 2 heterocycles. The van der Waals surface area contributed by atoms with Gasteiger partial charge in [-0.25, -0.2) is 0 Å². The van der Waals surface area contributed by atoms with Gasteiger partial charge in [0.2, 0.25) is 0 Å². The fourth-order valence-corrected chi connectivity index (χ4v) is 1.22. The van der Waals surface area contributed by atoms with Crippen LogP contribution in [0, 0.1) is 20.2 Å². The Labute approximate surface area is 99.4 Å². The lowest BCUT2D eigenvalue weighted by Gasteiger charge is -1.85. The van der Waals surface area contributed by atoms with Gasteiger partial charge in [0.25, 0.3) is 0 Å². The van der Waals surface area contributed by atoms with Crippen LogP contribution in [0.25, 0.3) is 12.2 Å². The molecule has 0 radical (unpaired) electrons. The zero-order valence-electron chi connectivity index (χ0n) is 8.81. The first-order valence-corrected chi connectivity index (χ1v) is 4.73. The summed E-state index contributed by atoms with van der Waals surface area (Å²) in [5.74, 6) is -0.248. The van der Waals surface area contributed by atoms with Crippen molar-refractivity contribution < 1.29 is 18.7 Å². The maximum atomic E-state index is 10.4. The molecule has 0 aliphatic heterocycles. The highest BCUT2D eigenvalue weighted by atomic mass is 16.7. The predicted molar refractivity (Wildman–Crippen MR) is 59.7 cm³/mol. The highest BCUT2D eigenvalue weighted by Gasteiger charge is 2.11. The molecule has 0 aliphatic carbocycles. The van der Waals surface area contributed by atoms with E-state index in [2.05, 4.69) is 0 Å². The number of rotatable bonds is 4. The Hall–Kier alpha value is -2.90. The summed E-state index contributed by atoms with van der Waals surface area (Å²) in [6.07, 6.45) is 2.82. The van der Waals surface area contributed by atoms with Crippen LogP contribution in [0.5, 0.6) is 0 Å².